The van der Waals surface area contributed by atoms with Crippen LogP contribution in [0.5, 0.6) is 11.5 Å². The van der Waals surface area contributed by atoms with Gasteiger partial charge in [-0.2, -0.15) is 0 Å². The van der Waals surface area contributed by atoms with Gasteiger partial charge < -0.3 is 10.2 Å². The maximum Gasteiger partial charge on any atom is 0.269 e. The molecule has 27 heavy (non-hydrogen) atoms. The van der Waals surface area contributed by atoms with E-state index in [1.165, 1.54) is 12.1 Å². The number of non-ortho nitro benzene ring substituents is 1. The fourth-order valence-corrected chi connectivity index (χ4v) is 3.08. The number of phenols is 2. The van der Waals surface area contributed by atoms with E-state index in [4.69, 9.17) is 0 Å². The van der Waals surface area contributed by atoms with Crippen molar-refractivity contribution >= 4 is 16.8 Å². The minimum atomic E-state index is -0.417. The molecule has 0 amide bonds. The molecule has 0 aliphatic carbocycles. The Morgan fingerprint density at radius 1 is 0.778 bits per heavy atom. The molecule has 0 heterocycles. The normalized spacial score (nSPS) is 10.4. The second kappa shape index (κ2) is 7.74. The third-order valence-corrected chi connectivity index (χ3v) is 4.39. The molecular formula is C22H19NO4. The average Bonchev–Trinajstić information content (AvgIpc) is 2.68. The number of hydrogen-bond donors (Lipinski definition) is 2. The molecule has 0 radical (unpaired) electrons. The summed E-state index contributed by atoms with van der Waals surface area (Å²) in [6.07, 6.45) is 0.703. The summed E-state index contributed by atoms with van der Waals surface area (Å²) in [7, 11) is 0. The highest BCUT2D eigenvalue weighted by Gasteiger charge is 2.14. The Morgan fingerprint density at radius 2 is 1.19 bits per heavy atom. The summed E-state index contributed by atoms with van der Waals surface area (Å²) >= 11 is 0. The van der Waals surface area contributed by atoms with Gasteiger partial charge in [-0.15, -0.1) is 0 Å². The van der Waals surface area contributed by atoms with Crippen LogP contribution in [0.1, 0.15) is 30.0 Å². The van der Waals surface area contributed by atoms with Crippen LogP contribution in [0.2, 0.25) is 0 Å². The van der Waals surface area contributed by atoms with Crippen LogP contribution >= 0.6 is 0 Å². The van der Waals surface area contributed by atoms with Gasteiger partial charge in [-0.1, -0.05) is 31.2 Å². The SMILES string of the molecule is CCC(=C(c1ccc(O)cc1)c1ccc(O)cc1)c1ccc([N+](=O)[O-])cc1. The summed E-state index contributed by atoms with van der Waals surface area (Å²) in [6, 6.07) is 20.3. The van der Waals surface area contributed by atoms with E-state index in [0.29, 0.717) is 6.42 Å². The Balaban J connectivity index is 2.22. The van der Waals surface area contributed by atoms with Crippen molar-refractivity contribution in [3.63, 3.8) is 0 Å². The van der Waals surface area contributed by atoms with Crippen molar-refractivity contribution in [3.05, 3.63) is 99.6 Å². The maximum absolute atomic E-state index is 10.9. The third-order valence-electron chi connectivity index (χ3n) is 4.39. The van der Waals surface area contributed by atoms with Crippen molar-refractivity contribution in [2.75, 3.05) is 0 Å². The smallest absolute Gasteiger partial charge is 0.269 e. The molecule has 5 heteroatoms. The molecule has 0 aromatic heterocycles. The summed E-state index contributed by atoms with van der Waals surface area (Å²) in [5.41, 5.74) is 4.72. The minimum Gasteiger partial charge on any atom is -0.508 e. The predicted molar refractivity (Wildman–Crippen MR) is 106 cm³/mol. The molecule has 136 valence electrons. The third kappa shape index (κ3) is 3.98. The van der Waals surface area contributed by atoms with E-state index < -0.39 is 4.92 Å². The van der Waals surface area contributed by atoms with Gasteiger partial charge in [0, 0.05) is 12.1 Å². The molecule has 0 spiro atoms. The summed E-state index contributed by atoms with van der Waals surface area (Å²) < 4.78 is 0. The number of nitro groups is 1. The van der Waals surface area contributed by atoms with Gasteiger partial charge in [0.05, 0.1) is 4.92 Å². The highest BCUT2D eigenvalue weighted by molar-refractivity contribution is 5.98. The Hall–Kier alpha value is -3.60. The maximum atomic E-state index is 10.9. The molecule has 0 unspecified atom stereocenters. The summed E-state index contributed by atoms with van der Waals surface area (Å²) in [4.78, 5) is 10.5. The molecule has 3 aromatic carbocycles. The van der Waals surface area contributed by atoms with Gasteiger partial charge >= 0.3 is 0 Å². The Kier molecular flexibility index (Phi) is 5.22. The Morgan fingerprint density at radius 3 is 1.56 bits per heavy atom. The van der Waals surface area contributed by atoms with Gasteiger partial charge in [0.2, 0.25) is 0 Å². The van der Waals surface area contributed by atoms with Gasteiger partial charge in [0.1, 0.15) is 11.5 Å². The molecule has 0 aliphatic heterocycles. The first-order valence-electron chi connectivity index (χ1n) is 8.56. The number of phenolic OH excluding ortho intramolecular Hbond substituents is 2. The van der Waals surface area contributed by atoms with Gasteiger partial charge in [-0.05, 0) is 70.7 Å². The molecule has 0 atom stereocenters. The molecule has 0 saturated heterocycles. The van der Waals surface area contributed by atoms with Crippen LogP contribution in [0.25, 0.3) is 11.1 Å². The number of benzene rings is 3. The summed E-state index contributed by atoms with van der Waals surface area (Å²) in [5.74, 6) is 0.356. The van der Waals surface area contributed by atoms with Crippen molar-refractivity contribution < 1.29 is 15.1 Å². The van der Waals surface area contributed by atoms with Crippen LogP contribution in [0.15, 0.2) is 72.8 Å². The zero-order valence-corrected chi connectivity index (χ0v) is 14.8. The molecule has 0 aliphatic rings. The van der Waals surface area contributed by atoms with E-state index >= 15 is 0 Å². The zero-order valence-electron chi connectivity index (χ0n) is 14.8. The molecule has 3 aromatic rings. The Labute approximate surface area is 157 Å². The van der Waals surface area contributed by atoms with Crippen LogP contribution in [0.3, 0.4) is 0 Å². The van der Waals surface area contributed by atoms with E-state index in [1.54, 1.807) is 36.4 Å². The molecule has 2 N–H and O–H groups in total. The van der Waals surface area contributed by atoms with E-state index in [2.05, 4.69) is 0 Å². The lowest BCUT2D eigenvalue weighted by molar-refractivity contribution is -0.384. The predicted octanol–water partition coefficient (Wildman–Crippen LogP) is 5.38. The van der Waals surface area contributed by atoms with Crippen LogP contribution in [0.4, 0.5) is 5.69 Å². The average molecular weight is 361 g/mol. The quantitative estimate of drug-likeness (QED) is 0.363. The molecule has 0 fully saturated rings. The van der Waals surface area contributed by atoms with Crippen LogP contribution in [-0.4, -0.2) is 15.1 Å². The number of nitrogens with zero attached hydrogens (tertiary/aromatic N) is 1. The Bertz CT molecular complexity index is 925. The second-order valence-electron chi connectivity index (χ2n) is 6.10. The van der Waals surface area contributed by atoms with Crippen LogP contribution in [0, 0.1) is 10.1 Å². The summed E-state index contributed by atoms with van der Waals surface area (Å²) in [5, 5.41) is 30.2. The molecule has 0 bridgehead atoms. The zero-order chi connectivity index (χ0) is 19.4. The van der Waals surface area contributed by atoms with Crippen molar-refractivity contribution in [3.8, 4) is 11.5 Å². The van der Waals surface area contributed by atoms with Gasteiger partial charge in [0.25, 0.3) is 5.69 Å². The largest absolute Gasteiger partial charge is 0.508 e. The van der Waals surface area contributed by atoms with Crippen LogP contribution in [-0.2, 0) is 0 Å². The molecular weight excluding hydrogens is 342 g/mol. The lowest BCUT2D eigenvalue weighted by Crippen LogP contribution is -1.95. The van der Waals surface area contributed by atoms with E-state index in [0.717, 1.165) is 27.8 Å². The fourth-order valence-electron chi connectivity index (χ4n) is 3.08. The second-order valence-corrected chi connectivity index (χ2v) is 6.10. The highest BCUT2D eigenvalue weighted by atomic mass is 16.6. The fraction of sp³-hybridized carbons (Fsp3) is 0.0909. The lowest BCUT2D eigenvalue weighted by atomic mass is 9.88. The molecule has 3 rings (SSSR count). The number of rotatable bonds is 5. The number of hydrogen-bond acceptors (Lipinski definition) is 4. The van der Waals surface area contributed by atoms with E-state index in [-0.39, 0.29) is 17.2 Å². The van der Waals surface area contributed by atoms with Crippen molar-refractivity contribution in [2.24, 2.45) is 0 Å². The first-order chi connectivity index (χ1) is 13.0. The lowest BCUT2D eigenvalue weighted by Gasteiger charge is -2.16. The first-order valence-corrected chi connectivity index (χ1v) is 8.56. The number of aromatic hydroxyl groups is 2. The highest BCUT2D eigenvalue weighted by Crippen LogP contribution is 2.35. The molecule has 0 saturated carbocycles. The van der Waals surface area contributed by atoms with Crippen molar-refractivity contribution in [1.29, 1.82) is 0 Å². The topological polar surface area (TPSA) is 83.6 Å². The van der Waals surface area contributed by atoms with Gasteiger partial charge in [0.15, 0.2) is 0 Å². The summed E-state index contributed by atoms with van der Waals surface area (Å²) in [6.45, 7) is 2.03. The van der Waals surface area contributed by atoms with Gasteiger partial charge in [-0.25, -0.2) is 0 Å². The van der Waals surface area contributed by atoms with E-state index in [9.17, 15) is 20.3 Å². The van der Waals surface area contributed by atoms with Crippen molar-refractivity contribution in [2.45, 2.75) is 13.3 Å². The van der Waals surface area contributed by atoms with Gasteiger partial charge in [-0.3, -0.25) is 10.1 Å². The van der Waals surface area contributed by atoms with Crippen LogP contribution < -0.4 is 0 Å². The number of nitro benzene ring substituents is 1. The van der Waals surface area contributed by atoms with E-state index in [1.807, 2.05) is 31.2 Å². The first kappa shape index (κ1) is 18.2. The minimum absolute atomic E-state index is 0.0463. The standard InChI is InChI=1S/C22H19NO4/c1-2-21(15-3-9-18(10-4-15)23(26)27)22(16-5-11-19(24)12-6-16)17-7-13-20(25)14-8-17/h3-14,24-25H,2H2,1H3. The van der Waals surface area contributed by atoms with Crippen molar-refractivity contribution in [1.82, 2.24) is 0 Å². The number of allylic oxidation sites excluding steroid dienone is 1. The molecule has 5 nitrogen and oxygen atoms in total. The monoisotopic (exact) mass is 361 g/mol.